The molecule has 0 saturated carbocycles. The fraction of sp³-hybridized carbons (Fsp3) is 0.259. The van der Waals surface area contributed by atoms with Crippen LogP contribution in [0.4, 0.5) is 4.39 Å². The van der Waals surface area contributed by atoms with Crippen LogP contribution < -0.4 is 5.32 Å². The predicted molar refractivity (Wildman–Crippen MR) is 130 cm³/mol. The lowest BCUT2D eigenvalue weighted by atomic mass is 9.89. The van der Waals surface area contributed by atoms with Gasteiger partial charge in [-0.3, -0.25) is 0 Å². The second kappa shape index (κ2) is 14.2. The fourth-order valence-electron chi connectivity index (χ4n) is 2.66. The number of benzene rings is 2. The summed E-state index contributed by atoms with van der Waals surface area (Å²) in [6.07, 6.45) is 5.00. The van der Waals surface area contributed by atoms with Crippen LogP contribution in [-0.4, -0.2) is 0 Å². The number of halogens is 1. The molecule has 0 radical (unpaired) electrons. The average molecular weight is 394 g/mol. The Balaban J connectivity index is 0.000000859. The first-order valence-electron chi connectivity index (χ1n) is 10.3. The van der Waals surface area contributed by atoms with Gasteiger partial charge in [0.1, 0.15) is 5.82 Å². The van der Waals surface area contributed by atoms with Crippen LogP contribution in [0.1, 0.15) is 59.1 Å². The highest BCUT2D eigenvalue weighted by atomic mass is 19.1. The molecule has 1 aliphatic rings. The molecule has 1 heterocycles. The molecule has 2 aromatic carbocycles. The topological polar surface area (TPSA) is 12.0 Å². The zero-order chi connectivity index (χ0) is 22.4. The number of hydrogen-bond acceptors (Lipinski definition) is 1. The maximum atomic E-state index is 13.1. The van der Waals surface area contributed by atoms with Crippen molar-refractivity contribution in [3.05, 3.63) is 97.0 Å². The van der Waals surface area contributed by atoms with Gasteiger partial charge in [-0.25, -0.2) is 4.39 Å². The SMILES string of the molecule is C=C1NC(=C)c2ccc(-c3ccc(F)cc3)cc2C1=CC.C=CCC.CC.CC. The molecule has 0 bridgehead atoms. The van der Waals surface area contributed by atoms with Crippen LogP contribution in [0.25, 0.3) is 22.4 Å². The van der Waals surface area contributed by atoms with Gasteiger partial charge in [0, 0.05) is 22.5 Å². The largest absolute Gasteiger partial charge is 0.355 e. The van der Waals surface area contributed by atoms with Gasteiger partial charge in [-0.15, -0.1) is 6.58 Å². The first-order valence-corrected chi connectivity index (χ1v) is 10.3. The van der Waals surface area contributed by atoms with Crippen molar-refractivity contribution in [3.8, 4) is 11.1 Å². The number of fused-ring (bicyclic) bond motifs is 1. The van der Waals surface area contributed by atoms with Gasteiger partial charge in [0.2, 0.25) is 0 Å². The number of nitrogens with one attached hydrogen (secondary N) is 1. The summed E-state index contributed by atoms with van der Waals surface area (Å²) in [5.74, 6) is -0.225. The van der Waals surface area contributed by atoms with Crippen molar-refractivity contribution in [1.82, 2.24) is 5.32 Å². The Morgan fingerprint density at radius 2 is 1.38 bits per heavy atom. The fourth-order valence-corrected chi connectivity index (χ4v) is 2.66. The van der Waals surface area contributed by atoms with E-state index in [0.717, 1.165) is 45.6 Å². The van der Waals surface area contributed by atoms with Crippen molar-refractivity contribution < 1.29 is 4.39 Å². The molecule has 1 N–H and O–H groups in total. The Morgan fingerprint density at radius 1 is 0.862 bits per heavy atom. The smallest absolute Gasteiger partial charge is 0.123 e. The maximum absolute atomic E-state index is 13.1. The molecule has 0 unspecified atom stereocenters. The lowest BCUT2D eigenvalue weighted by Gasteiger charge is -2.25. The van der Waals surface area contributed by atoms with Gasteiger partial charge in [-0.05, 0) is 48.2 Å². The van der Waals surface area contributed by atoms with Crippen LogP contribution in [-0.2, 0) is 0 Å². The molecule has 1 nitrogen and oxygen atoms in total. The molecule has 0 spiro atoms. The number of rotatable bonds is 2. The van der Waals surface area contributed by atoms with Gasteiger partial charge >= 0.3 is 0 Å². The summed E-state index contributed by atoms with van der Waals surface area (Å²) in [6.45, 7) is 23.6. The van der Waals surface area contributed by atoms with Gasteiger partial charge in [0.05, 0.1) is 0 Å². The minimum atomic E-state index is -0.225. The molecular weight excluding hydrogens is 357 g/mol. The summed E-state index contributed by atoms with van der Waals surface area (Å²) in [7, 11) is 0. The van der Waals surface area contributed by atoms with Crippen LogP contribution in [0, 0.1) is 5.82 Å². The van der Waals surface area contributed by atoms with Gasteiger partial charge in [-0.2, -0.15) is 0 Å². The minimum Gasteiger partial charge on any atom is -0.355 e. The van der Waals surface area contributed by atoms with Crippen molar-refractivity contribution in [1.29, 1.82) is 0 Å². The number of allylic oxidation sites excluding steroid dienone is 3. The molecule has 0 saturated heterocycles. The van der Waals surface area contributed by atoms with E-state index < -0.39 is 0 Å². The molecule has 2 heteroatoms. The van der Waals surface area contributed by atoms with E-state index in [1.807, 2.05) is 58.9 Å². The first kappa shape index (κ1) is 26.1. The third-order valence-electron chi connectivity index (χ3n) is 4.02. The van der Waals surface area contributed by atoms with E-state index in [4.69, 9.17) is 0 Å². The lowest BCUT2D eigenvalue weighted by Crippen LogP contribution is -2.18. The van der Waals surface area contributed by atoms with Crippen LogP contribution in [0.3, 0.4) is 0 Å². The van der Waals surface area contributed by atoms with Gasteiger partial charge in [0.25, 0.3) is 0 Å². The summed E-state index contributed by atoms with van der Waals surface area (Å²) in [4.78, 5) is 0. The standard InChI is InChI=1S/C19H16FN.C4H8.2C2H6/c1-4-17-12(2)21-13(3)18-10-7-15(11-19(17)18)14-5-8-16(20)9-6-14;1-3-4-2;2*1-2/h4-11,21H,2-3H2,1H3;3H,1,4H2,2H3;2*1-2H3. The van der Waals surface area contributed by atoms with Gasteiger partial charge in [0.15, 0.2) is 0 Å². The molecule has 3 rings (SSSR count). The van der Waals surface area contributed by atoms with E-state index >= 15 is 0 Å². The molecule has 156 valence electrons. The molecule has 0 amide bonds. The second-order valence-electron chi connectivity index (χ2n) is 5.75. The van der Waals surface area contributed by atoms with Crippen LogP contribution >= 0.6 is 0 Å². The highest BCUT2D eigenvalue weighted by Crippen LogP contribution is 2.36. The van der Waals surface area contributed by atoms with E-state index in [1.54, 1.807) is 12.1 Å². The zero-order valence-electron chi connectivity index (χ0n) is 18.9. The van der Waals surface area contributed by atoms with Crippen molar-refractivity contribution >= 4 is 11.3 Å². The summed E-state index contributed by atoms with van der Waals surface area (Å²) >= 11 is 0. The van der Waals surface area contributed by atoms with Crippen LogP contribution in [0.5, 0.6) is 0 Å². The molecular formula is C27H36FN. The van der Waals surface area contributed by atoms with Gasteiger partial charge < -0.3 is 5.32 Å². The molecule has 29 heavy (non-hydrogen) atoms. The second-order valence-corrected chi connectivity index (χ2v) is 5.75. The monoisotopic (exact) mass is 393 g/mol. The average Bonchev–Trinajstić information content (AvgIpc) is 2.77. The Labute approximate surface area is 177 Å². The Kier molecular flexibility index (Phi) is 12.8. The number of hydrogen-bond donors (Lipinski definition) is 1. The molecule has 0 fully saturated rings. The van der Waals surface area contributed by atoms with Crippen molar-refractivity contribution in [3.63, 3.8) is 0 Å². The summed E-state index contributed by atoms with van der Waals surface area (Å²) < 4.78 is 13.1. The molecule has 0 aromatic heterocycles. The van der Waals surface area contributed by atoms with E-state index in [-0.39, 0.29) is 5.82 Å². The Morgan fingerprint density at radius 3 is 1.86 bits per heavy atom. The minimum absolute atomic E-state index is 0.225. The summed E-state index contributed by atoms with van der Waals surface area (Å²) in [6, 6.07) is 12.7. The summed E-state index contributed by atoms with van der Waals surface area (Å²) in [5, 5.41) is 3.20. The molecule has 1 aliphatic heterocycles. The Bertz CT molecular complexity index is 826. The quantitative estimate of drug-likeness (QED) is 0.503. The molecule has 2 aromatic rings. The van der Waals surface area contributed by atoms with Gasteiger partial charge in [-0.1, -0.05) is 84.2 Å². The highest BCUT2D eigenvalue weighted by molar-refractivity contribution is 5.92. The van der Waals surface area contributed by atoms with E-state index in [2.05, 4.69) is 38.0 Å². The van der Waals surface area contributed by atoms with Crippen LogP contribution in [0.2, 0.25) is 0 Å². The van der Waals surface area contributed by atoms with Crippen molar-refractivity contribution in [2.45, 2.75) is 48.0 Å². The van der Waals surface area contributed by atoms with E-state index in [1.165, 1.54) is 12.1 Å². The Hall–Kier alpha value is -2.87. The van der Waals surface area contributed by atoms with E-state index in [0.29, 0.717) is 0 Å². The lowest BCUT2D eigenvalue weighted by molar-refractivity contribution is 0.628. The third-order valence-corrected chi connectivity index (χ3v) is 4.02. The predicted octanol–water partition coefficient (Wildman–Crippen LogP) is 8.62. The van der Waals surface area contributed by atoms with E-state index in [9.17, 15) is 4.39 Å². The van der Waals surface area contributed by atoms with Crippen LogP contribution in [0.15, 0.2) is 80.1 Å². The van der Waals surface area contributed by atoms with Crippen molar-refractivity contribution in [2.75, 3.05) is 0 Å². The molecule has 0 atom stereocenters. The van der Waals surface area contributed by atoms with Crippen molar-refractivity contribution in [2.24, 2.45) is 0 Å². The maximum Gasteiger partial charge on any atom is 0.123 e. The normalized spacial score (nSPS) is 12.7. The molecule has 0 aliphatic carbocycles. The third kappa shape index (κ3) is 7.23. The zero-order valence-corrected chi connectivity index (χ0v) is 18.9. The summed E-state index contributed by atoms with van der Waals surface area (Å²) in [5.41, 5.74) is 6.99. The highest BCUT2D eigenvalue weighted by Gasteiger charge is 2.19. The first-order chi connectivity index (χ1) is 14.0.